The summed E-state index contributed by atoms with van der Waals surface area (Å²) in [5.41, 5.74) is 6.15. The van der Waals surface area contributed by atoms with Gasteiger partial charge in [0, 0.05) is 24.2 Å². The molecule has 0 atom stereocenters. The second kappa shape index (κ2) is 10.7. The van der Waals surface area contributed by atoms with Gasteiger partial charge in [-0.15, -0.1) is 0 Å². The van der Waals surface area contributed by atoms with E-state index in [2.05, 4.69) is 56.4 Å². The molecule has 3 aromatic rings. The van der Waals surface area contributed by atoms with Crippen LogP contribution in [-0.4, -0.2) is 64.1 Å². The van der Waals surface area contributed by atoms with Crippen molar-refractivity contribution in [1.82, 2.24) is 25.1 Å². The first kappa shape index (κ1) is 26.1. The predicted molar refractivity (Wildman–Crippen MR) is 148 cm³/mol. The van der Waals surface area contributed by atoms with Crippen LogP contribution >= 0.6 is 11.6 Å². The number of hydrogen-bond acceptors (Lipinski definition) is 7. The van der Waals surface area contributed by atoms with Gasteiger partial charge in [-0.05, 0) is 87.7 Å². The number of sulfone groups is 1. The molecule has 2 aliphatic heterocycles. The van der Waals surface area contributed by atoms with Crippen LogP contribution < -0.4 is 5.32 Å². The number of anilines is 2. The molecule has 37 heavy (non-hydrogen) atoms. The average molecular weight is 543 g/mol. The number of likely N-dealkylation sites (tertiary alicyclic amines) is 1. The first-order chi connectivity index (χ1) is 17.7. The quantitative estimate of drug-likeness (QED) is 0.458. The van der Waals surface area contributed by atoms with Gasteiger partial charge in [0.05, 0.1) is 17.7 Å². The average Bonchev–Trinajstić information content (AvgIpc) is 3.28. The second-order valence-corrected chi connectivity index (χ2v) is 13.3. The fourth-order valence-corrected chi connectivity index (χ4v) is 7.30. The van der Waals surface area contributed by atoms with Gasteiger partial charge in [-0.3, -0.25) is 5.10 Å². The Hall–Kier alpha value is -2.49. The number of nitrogens with zero attached hydrogens (tertiary/aromatic N) is 4. The monoisotopic (exact) mass is 542 g/mol. The van der Waals surface area contributed by atoms with E-state index in [1.165, 1.54) is 22.3 Å². The van der Waals surface area contributed by atoms with Crippen LogP contribution in [0, 0.1) is 20.8 Å². The number of H-pyrrole nitrogens is 1. The predicted octanol–water partition coefficient (Wildman–Crippen LogP) is 4.87. The summed E-state index contributed by atoms with van der Waals surface area (Å²) in [5.74, 6) is 3.14. The fraction of sp³-hybridized carbons (Fsp3) is 0.519. The molecule has 0 radical (unpaired) electrons. The third-order valence-electron chi connectivity index (χ3n) is 7.83. The van der Waals surface area contributed by atoms with Crippen LogP contribution in [0.15, 0.2) is 24.4 Å². The fourth-order valence-electron chi connectivity index (χ4n) is 5.70. The maximum Gasteiger partial charge on any atom is 0.154 e. The lowest BCUT2D eigenvalue weighted by molar-refractivity contribution is 0.142. The van der Waals surface area contributed by atoms with Gasteiger partial charge < -0.3 is 10.2 Å². The summed E-state index contributed by atoms with van der Waals surface area (Å²) < 4.78 is 23.6. The van der Waals surface area contributed by atoms with E-state index in [9.17, 15) is 8.42 Å². The molecule has 5 rings (SSSR count). The maximum atomic E-state index is 11.8. The van der Waals surface area contributed by atoms with Crippen LogP contribution in [0.1, 0.15) is 65.4 Å². The first-order valence-corrected chi connectivity index (χ1v) is 15.2. The first-order valence-electron chi connectivity index (χ1n) is 13.0. The van der Waals surface area contributed by atoms with E-state index in [0.717, 1.165) is 44.5 Å². The molecule has 0 unspecified atom stereocenters. The van der Waals surface area contributed by atoms with Crippen molar-refractivity contribution < 1.29 is 8.42 Å². The molecular formula is C27H35ClN6O2S. The van der Waals surface area contributed by atoms with Gasteiger partial charge >= 0.3 is 0 Å². The third kappa shape index (κ3) is 6.16. The summed E-state index contributed by atoms with van der Waals surface area (Å²) in [7, 11) is -2.81. The molecule has 2 N–H and O–H groups in total. The number of rotatable bonds is 6. The van der Waals surface area contributed by atoms with Gasteiger partial charge in [0.2, 0.25) is 0 Å². The Morgan fingerprint density at radius 1 is 1.05 bits per heavy atom. The van der Waals surface area contributed by atoms with Crippen molar-refractivity contribution in [2.24, 2.45) is 0 Å². The van der Waals surface area contributed by atoms with Gasteiger partial charge in [-0.1, -0.05) is 23.7 Å². The summed E-state index contributed by atoms with van der Waals surface area (Å²) in [6.07, 6.45) is 6.06. The summed E-state index contributed by atoms with van der Waals surface area (Å²) in [5, 5.41) is 10.7. The Balaban J connectivity index is 1.24. The summed E-state index contributed by atoms with van der Waals surface area (Å²) >= 11 is 6.34. The molecule has 0 amide bonds. The lowest BCUT2D eigenvalue weighted by Crippen LogP contribution is -2.45. The molecule has 8 nitrogen and oxygen atoms in total. The van der Waals surface area contributed by atoms with Gasteiger partial charge in [-0.2, -0.15) is 5.10 Å². The van der Waals surface area contributed by atoms with Crippen molar-refractivity contribution in [2.75, 3.05) is 29.9 Å². The lowest BCUT2D eigenvalue weighted by atomic mass is 9.84. The largest absolute Gasteiger partial charge is 0.322 e. The Bertz CT molecular complexity index is 1370. The Morgan fingerprint density at radius 3 is 2.46 bits per heavy atom. The number of nitrogens with one attached hydrogen (secondary N) is 2. The smallest absolute Gasteiger partial charge is 0.154 e. The molecule has 0 aliphatic carbocycles. The molecule has 2 saturated heterocycles. The van der Waals surface area contributed by atoms with Crippen LogP contribution in [-0.2, 0) is 16.3 Å². The van der Waals surface area contributed by atoms with E-state index < -0.39 is 9.84 Å². The molecule has 1 aromatic carbocycles. The lowest BCUT2D eigenvalue weighted by Gasteiger charge is -2.39. The van der Waals surface area contributed by atoms with Gasteiger partial charge in [-0.25, -0.2) is 18.4 Å². The zero-order chi connectivity index (χ0) is 26.2. The van der Waals surface area contributed by atoms with Crippen molar-refractivity contribution in [2.45, 2.75) is 64.8 Å². The Morgan fingerprint density at radius 2 is 1.78 bits per heavy atom. The molecule has 2 aliphatic rings. The van der Waals surface area contributed by atoms with E-state index >= 15 is 0 Å². The van der Waals surface area contributed by atoms with E-state index in [1.807, 2.05) is 13.0 Å². The maximum absolute atomic E-state index is 11.8. The highest BCUT2D eigenvalue weighted by Gasteiger charge is 2.31. The van der Waals surface area contributed by atoms with E-state index in [1.54, 1.807) is 6.20 Å². The molecule has 0 saturated carbocycles. The highest BCUT2D eigenvalue weighted by Crippen LogP contribution is 2.34. The topological polar surface area (TPSA) is 104 Å². The molecule has 198 valence electrons. The highest BCUT2D eigenvalue weighted by atomic mass is 35.5. The third-order valence-corrected chi connectivity index (χ3v) is 9.82. The number of aryl methyl sites for hydroxylation is 3. The molecule has 2 aromatic heterocycles. The number of aromatic amines is 1. The summed E-state index contributed by atoms with van der Waals surface area (Å²) in [6.45, 7) is 8.39. The van der Waals surface area contributed by atoms with E-state index in [-0.39, 0.29) is 0 Å². The van der Waals surface area contributed by atoms with Gasteiger partial charge in [0.15, 0.2) is 11.6 Å². The van der Waals surface area contributed by atoms with Crippen LogP contribution in [0.5, 0.6) is 0 Å². The number of hydrogen-bond donors (Lipinski definition) is 2. The van der Waals surface area contributed by atoms with Crippen LogP contribution in [0.25, 0.3) is 0 Å². The normalized spacial score (nSPS) is 19.2. The van der Waals surface area contributed by atoms with Crippen LogP contribution in [0.4, 0.5) is 11.6 Å². The van der Waals surface area contributed by atoms with Crippen LogP contribution in [0.3, 0.4) is 0 Å². The zero-order valence-electron chi connectivity index (χ0n) is 21.7. The van der Waals surface area contributed by atoms with Crippen molar-refractivity contribution in [3.8, 4) is 0 Å². The SMILES string of the molecule is Cc1cc(Nc2nc(Cc3cc(C)c(C4CCN(C5CCS(=O)(=O)CC5)CC4)cc3C)ncc2Cl)n[nH]1. The standard InChI is InChI=1S/C27H35ClN6O2S/c1-17-13-23(20-4-8-34(9-5-20)22-6-10-37(35,36)11-7-22)18(2)12-21(17)15-25-29-16-24(28)27(30-25)31-26-14-19(3)32-33-26/h12-14,16,20,22H,4-11,15H2,1-3H3,(H2,29,30,31,32,33). The zero-order valence-corrected chi connectivity index (χ0v) is 23.3. The molecule has 0 bridgehead atoms. The van der Waals surface area contributed by atoms with Crippen LogP contribution in [0.2, 0.25) is 5.02 Å². The van der Waals surface area contributed by atoms with Crippen molar-refractivity contribution >= 4 is 33.1 Å². The Kier molecular flexibility index (Phi) is 7.56. The summed E-state index contributed by atoms with van der Waals surface area (Å²) in [4.78, 5) is 11.7. The minimum absolute atomic E-state index is 0.342. The molecule has 0 spiro atoms. The van der Waals surface area contributed by atoms with Crippen molar-refractivity contribution in [3.63, 3.8) is 0 Å². The molecule has 4 heterocycles. The van der Waals surface area contributed by atoms with E-state index in [4.69, 9.17) is 11.6 Å². The molecular weight excluding hydrogens is 508 g/mol. The van der Waals surface area contributed by atoms with Gasteiger partial charge in [0.25, 0.3) is 0 Å². The van der Waals surface area contributed by atoms with E-state index in [0.29, 0.717) is 52.4 Å². The minimum Gasteiger partial charge on any atom is -0.322 e. The van der Waals surface area contributed by atoms with Gasteiger partial charge in [0.1, 0.15) is 20.7 Å². The summed E-state index contributed by atoms with van der Waals surface area (Å²) in [6, 6.07) is 6.95. The highest BCUT2D eigenvalue weighted by molar-refractivity contribution is 7.91. The molecule has 10 heteroatoms. The Labute approximate surface area is 224 Å². The van der Waals surface area contributed by atoms with Crippen molar-refractivity contribution in [3.05, 3.63) is 63.2 Å². The number of halogens is 1. The number of aromatic nitrogens is 4. The number of piperidine rings is 1. The minimum atomic E-state index is -2.81. The second-order valence-electron chi connectivity index (χ2n) is 10.5. The van der Waals surface area contributed by atoms with Crippen molar-refractivity contribution in [1.29, 1.82) is 0 Å². The molecule has 2 fully saturated rings. The number of benzene rings is 1.